The molecule has 2 atom stereocenters. The van der Waals surface area contributed by atoms with Crippen molar-refractivity contribution >= 4 is 55.3 Å². The zero-order chi connectivity index (χ0) is 33.9. The number of hydrogen-bond acceptors (Lipinski definition) is 5. The topological polar surface area (TPSA) is 115 Å². The fourth-order valence-corrected chi connectivity index (χ4v) is 4.93. The van der Waals surface area contributed by atoms with Crippen LogP contribution >= 0.6 is 0 Å². The van der Waals surface area contributed by atoms with E-state index in [1.807, 2.05) is 13.8 Å². The van der Waals surface area contributed by atoms with E-state index in [9.17, 15) is 29.3 Å². The van der Waals surface area contributed by atoms with Gasteiger partial charge >= 0.3 is 37.7 Å². The molecular formula is C33H34CaFN2O5+. The summed E-state index contributed by atoms with van der Waals surface area (Å²) in [4.78, 5) is 25.2. The van der Waals surface area contributed by atoms with E-state index in [2.05, 4.69) is 5.32 Å². The molecule has 3 N–H and O–H groups in total. The Labute approximate surface area is 282 Å². The number of nitrogens with zero attached hydrogens (tertiary/aromatic N) is 1. The smallest absolute Gasteiger partial charge is 0.550 e. The zero-order valence-electron chi connectivity index (χ0n) is 28.4. The van der Waals surface area contributed by atoms with E-state index in [-0.39, 0.29) is 79.5 Å². The Hall–Kier alpha value is -3.01. The molecule has 0 spiro atoms. The predicted molar refractivity (Wildman–Crippen MR) is 160 cm³/mol. The van der Waals surface area contributed by atoms with Gasteiger partial charge in [0, 0.05) is 35.9 Å². The van der Waals surface area contributed by atoms with Crippen LogP contribution in [-0.2, 0) is 11.3 Å². The molecule has 0 saturated carbocycles. The van der Waals surface area contributed by atoms with Crippen molar-refractivity contribution in [1.82, 2.24) is 4.57 Å². The van der Waals surface area contributed by atoms with Crippen LogP contribution in [0.5, 0.6) is 0 Å². The fraction of sp³-hybridized carbons (Fsp3) is 0.273. The molecule has 0 bridgehead atoms. The molecule has 1 heterocycles. The van der Waals surface area contributed by atoms with E-state index >= 15 is 0 Å². The Morgan fingerprint density at radius 1 is 0.976 bits per heavy atom. The van der Waals surface area contributed by atoms with Crippen LogP contribution in [0.1, 0.15) is 61.9 Å². The summed E-state index contributed by atoms with van der Waals surface area (Å²) in [7, 11) is 0. The van der Waals surface area contributed by atoms with E-state index < -0.39 is 72.5 Å². The molecule has 0 aliphatic carbocycles. The van der Waals surface area contributed by atoms with Gasteiger partial charge in [-0.15, -0.1) is 0 Å². The molecule has 9 heteroatoms. The molecule has 4 rings (SSSR count). The van der Waals surface area contributed by atoms with Gasteiger partial charge in [0.2, 0.25) is 0 Å². The van der Waals surface area contributed by atoms with Gasteiger partial charge in [0.1, 0.15) is 5.82 Å². The van der Waals surface area contributed by atoms with E-state index in [1.165, 1.54) is 24.3 Å². The van der Waals surface area contributed by atoms with Crippen LogP contribution in [0.15, 0.2) is 84.8 Å². The molecule has 214 valence electrons. The van der Waals surface area contributed by atoms with E-state index in [1.54, 1.807) is 34.9 Å². The van der Waals surface area contributed by atoms with Gasteiger partial charge in [0.15, 0.2) is 0 Å². The van der Waals surface area contributed by atoms with E-state index in [0.29, 0.717) is 16.9 Å². The SMILES string of the molecule is [2H]c1c([2H])c([2H])c(-c2c(C(=O)Nc3ccccc3)c(C(C)C)n(CC[C@@H](O)C[C@@H](O)CC(=O)[O-])c2-c2ccc(F)cc2)c([2H])c1[2H].[Ca+2]. The number of aliphatic hydroxyl groups excluding tert-OH is 2. The number of aliphatic carboxylic acids is 1. The van der Waals surface area contributed by atoms with Crippen LogP contribution in [0.25, 0.3) is 22.4 Å². The normalized spacial score (nSPS) is 14.1. The van der Waals surface area contributed by atoms with Gasteiger partial charge in [0.05, 0.1) is 30.3 Å². The number of amides is 1. The number of carbonyl (C=O) groups excluding carboxylic acids is 2. The average molecular weight is 603 g/mol. The first-order valence-corrected chi connectivity index (χ1v) is 13.2. The molecule has 0 unspecified atom stereocenters. The maximum absolute atomic E-state index is 14.2. The number of anilines is 1. The minimum absolute atomic E-state index is 0. The quantitative estimate of drug-likeness (QED) is 0.205. The van der Waals surface area contributed by atoms with Crippen molar-refractivity contribution in [2.75, 3.05) is 5.32 Å². The van der Waals surface area contributed by atoms with Gasteiger partial charge in [0.25, 0.3) is 5.91 Å². The predicted octanol–water partition coefficient (Wildman–Crippen LogP) is 4.60. The van der Waals surface area contributed by atoms with Crippen molar-refractivity contribution in [3.8, 4) is 22.4 Å². The molecular weight excluding hydrogens is 563 g/mol. The van der Waals surface area contributed by atoms with Crippen molar-refractivity contribution in [3.63, 3.8) is 0 Å². The number of nitrogens with one attached hydrogen (secondary N) is 1. The molecule has 0 fully saturated rings. The van der Waals surface area contributed by atoms with Gasteiger partial charge in [-0.05, 0) is 66.3 Å². The van der Waals surface area contributed by atoms with Gasteiger partial charge in [-0.3, -0.25) is 4.79 Å². The summed E-state index contributed by atoms with van der Waals surface area (Å²) in [6, 6.07) is 10.9. The molecule has 0 saturated heterocycles. The Morgan fingerprint density at radius 2 is 1.62 bits per heavy atom. The number of halogens is 1. The standard InChI is InChI=1S/C33H35FN2O5.Ca/c1-21(2)31-30(33(41)35-25-11-7-4-8-12-25)29(22-9-5-3-6-10-22)32(23-13-15-24(34)16-14-23)36(31)18-17-26(37)19-27(38)20-28(39)40;/h3-16,21,26-27,37-38H,17-20H2,1-2H3,(H,35,41)(H,39,40);/q;+2/p-1/t26-,27-;/m1./s1/i3D,5D,6D,9D,10D;. The maximum Gasteiger partial charge on any atom is 2.00 e. The molecule has 0 radical (unpaired) electrons. The molecule has 1 aromatic heterocycles. The van der Waals surface area contributed by atoms with Gasteiger partial charge in [-0.25, -0.2) is 4.39 Å². The number of carboxylic acids is 1. The fourth-order valence-electron chi connectivity index (χ4n) is 4.93. The first kappa shape index (κ1) is 26.6. The Balaban J connectivity index is 0.00000600. The van der Waals surface area contributed by atoms with Crippen molar-refractivity contribution in [3.05, 3.63) is 102 Å². The Bertz CT molecular complexity index is 1720. The molecule has 0 aliphatic rings. The van der Waals surface area contributed by atoms with Crippen LogP contribution in [0.4, 0.5) is 10.1 Å². The number of hydrogen-bond donors (Lipinski definition) is 3. The number of benzene rings is 3. The van der Waals surface area contributed by atoms with Crippen molar-refractivity contribution in [2.24, 2.45) is 0 Å². The number of para-hydroxylation sites is 1. The molecule has 7 nitrogen and oxygen atoms in total. The second-order valence-electron chi connectivity index (χ2n) is 10.0. The molecule has 1 amide bonds. The summed E-state index contributed by atoms with van der Waals surface area (Å²) in [5, 5.41) is 34.6. The Kier molecular flexibility index (Phi) is 9.79. The third-order valence-corrected chi connectivity index (χ3v) is 6.61. The summed E-state index contributed by atoms with van der Waals surface area (Å²) in [6.45, 7) is 3.63. The maximum atomic E-state index is 14.2. The van der Waals surface area contributed by atoms with Crippen LogP contribution in [0.3, 0.4) is 0 Å². The van der Waals surface area contributed by atoms with Crippen molar-refractivity contribution < 1.29 is 36.2 Å². The van der Waals surface area contributed by atoms with Crippen molar-refractivity contribution in [1.29, 1.82) is 0 Å². The van der Waals surface area contributed by atoms with Crippen LogP contribution in [0.2, 0.25) is 0 Å². The molecule has 3 aromatic carbocycles. The summed E-state index contributed by atoms with van der Waals surface area (Å²) < 4.78 is 58.4. The minimum Gasteiger partial charge on any atom is -0.550 e. The van der Waals surface area contributed by atoms with Gasteiger partial charge in [-0.1, -0.05) is 62.3 Å². The van der Waals surface area contributed by atoms with Crippen LogP contribution in [0, 0.1) is 5.82 Å². The molecule has 0 aliphatic heterocycles. The summed E-state index contributed by atoms with van der Waals surface area (Å²) in [5.74, 6) is -3.03. The molecule has 42 heavy (non-hydrogen) atoms. The summed E-state index contributed by atoms with van der Waals surface area (Å²) in [6.07, 6.45) is -3.49. The second kappa shape index (κ2) is 15.5. The van der Waals surface area contributed by atoms with Crippen molar-refractivity contribution in [2.45, 2.75) is 57.8 Å². The van der Waals surface area contributed by atoms with Gasteiger partial charge < -0.3 is 30.0 Å². The number of aromatic nitrogens is 1. The zero-order valence-corrected chi connectivity index (χ0v) is 25.6. The Morgan fingerprint density at radius 3 is 2.21 bits per heavy atom. The van der Waals surface area contributed by atoms with E-state index in [0.717, 1.165) is 0 Å². The first-order valence-electron chi connectivity index (χ1n) is 15.7. The number of rotatable bonds is 12. The largest absolute Gasteiger partial charge is 2.00 e. The van der Waals surface area contributed by atoms with Crippen LogP contribution < -0.4 is 10.4 Å². The average Bonchev–Trinajstić information content (AvgIpc) is 3.33. The second-order valence-corrected chi connectivity index (χ2v) is 10.0. The van der Waals surface area contributed by atoms with Crippen LogP contribution in [-0.4, -0.2) is 76.6 Å². The number of aliphatic hydroxyl groups is 2. The minimum atomic E-state index is -1.47. The third-order valence-electron chi connectivity index (χ3n) is 6.61. The number of carboxylic acid groups (broad SMARTS) is 1. The van der Waals surface area contributed by atoms with Gasteiger partial charge in [-0.2, -0.15) is 0 Å². The van der Waals surface area contributed by atoms with E-state index in [4.69, 9.17) is 6.85 Å². The molecule has 4 aromatic rings. The summed E-state index contributed by atoms with van der Waals surface area (Å²) >= 11 is 0. The third kappa shape index (κ3) is 8.30. The summed E-state index contributed by atoms with van der Waals surface area (Å²) in [5.41, 5.74) is 1.32. The monoisotopic (exact) mass is 602 g/mol. The first-order chi connectivity index (χ1) is 21.7. The number of carbonyl (C=O) groups is 2.